The number of rotatable bonds is 4. The summed E-state index contributed by atoms with van der Waals surface area (Å²) in [5, 5.41) is 2.84. The molecule has 0 radical (unpaired) electrons. The number of nitrogens with one attached hydrogen (secondary N) is 1. The maximum absolute atomic E-state index is 14.3. The molecule has 0 bridgehead atoms. The van der Waals surface area contributed by atoms with Crippen molar-refractivity contribution in [2.24, 2.45) is 0 Å². The summed E-state index contributed by atoms with van der Waals surface area (Å²) in [7, 11) is 1.69. The Morgan fingerprint density at radius 2 is 1.86 bits per heavy atom. The molecule has 0 aliphatic carbocycles. The summed E-state index contributed by atoms with van der Waals surface area (Å²) in [5.74, 6) is 0.256. The lowest BCUT2D eigenvalue weighted by molar-refractivity contribution is 0.222. The van der Waals surface area contributed by atoms with E-state index in [1.807, 2.05) is 33.8 Å². The minimum atomic E-state index is -0.351. The fourth-order valence-corrected chi connectivity index (χ4v) is 2.04. The second kappa shape index (κ2) is 6.03. The summed E-state index contributed by atoms with van der Waals surface area (Å²) in [6, 6.07) is 3.54. The van der Waals surface area contributed by atoms with E-state index in [0.29, 0.717) is 11.5 Å². The van der Waals surface area contributed by atoms with Crippen LogP contribution < -0.4 is 10.1 Å². The first kappa shape index (κ1) is 15.2. The molecule has 2 rings (SSSR count). The van der Waals surface area contributed by atoms with Crippen molar-refractivity contribution in [3.05, 3.63) is 29.1 Å². The quantitative estimate of drug-likeness (QED) is 0.937. The minimum absolute atomic E-state index is 0.0751. The predicted octanol–water partition coefficient (Wildman–Crippen LogP) is 3.12. The van der Waals surface area contributed by atoms with Gasteiger partial charge < -0.3 is 10.1 Å². The Balaban J connectivity index is 2.58. The molecule has 1 aromatic carbocycles. The van der Waals surface area contributed by atoms with Crippen molar-refractivity contribution in [2.45, 2.75) is 33.8 Å². The fraction of sp³-hybridized carbons (Fsp3) is 0.400. The Hall–Kier alpha value is -2.24. The highest BCUT2D eigenvalue weighted by Crippen LogP contribution is 2.26. The van der Waals surface area contributed by atoms with Gasteiger partial charge in [-0.15, -0.1) is 0 Å². The lowest BCUT2D eigenvalue weighted by Gasteiger charge is -2.12. The van der Waals surface area contributed by atoms with Gasteiger partial charge in [0.15, 0.2) is 5.82 Å². The van der Waals surface area contributed by atoms with E-state index >= 15 is 0 Å². The zero-order valence-corrected chi connectivity index (χ0v) is 12.9. The highest BCUT2D eigenvalue weighted by atomic mass is 19.1. The first-order valence-corrected chi connectivity index (χ1v) is 6.78. The van der Waals surface area contributed by atoms with E-state index in [4.69, 9.17) is 4.74 Å². The number of anilines is 1. The van der Waals surface area contributed by atoms with Crippen LogP contribution in [-0.4, -0.2) is 28.1 Å². The van der Waals surface area contributed by atoms with E-state index in [2.05, 4.69) is 20.3 Å². The highest BCUT2D eigenvalue weighted by molar-refractivity contribution is 5.62. The molecule has 6 heteroatoms. The Morgan fingerprint density at radius 3 is 2.43 bits per heavy atom. The van der Waals surface area contributed by atoms with Crippen molar-refractivity contribution in [1.29, 1.82) is 0 Å². The van der Waals surface area contributed by atoms with Gasteiger partial charge in [-0.25, -0.2) is 4.39 Å². The fourth-order valence-electron chi connectivity index (χ4n) is 2.04. The number of hydrogen-bond donors (Lipinski definition) is 1. The van der Waals surface area contributed by atoms with E-state index in [9.17, 15) is 4.39 Å². The topological polar surface area (TPSA) is 59.9 Å². The standard InChI is InChI=1S/C15H19FN4O/c1-8(2)21-15-19-13(18-14(17-5)20-15)12-10(4)6-9(3)7-11(12)16/h6-8H,1-5H3,(H,17,18,19,20). The second-order valence-corrected chi connectivity index (χ2v) is 5.12. The predicted molar refractivity (Wildman–Crippen MR) is 80.0 cm³/mol. The molecule has 0 unspecified atom stereocenters. The van der Waals surface area contributed by atoms with Crippen LogP contribution >= 0.6 is 0 Å². The van der Waals surface area contributed by atoms with E-state index in [0.717, 1.165) is 11.1 Å². The smallest absolute Gasteiger partial charge is 0.322 e. The van der Waals surface area contributed by atoms with Crippen LogP contribution in [0.3, 0.4) is 0 Å². The van der Waals surface area contributed by atoms with Gasteiger partial charge in [0.2, 0.25) is 5.95 Å². The molecule has 5 nitrogen and oxygen atoms in total. The third kappa shape index (κ3) is 3.45. The van der Waals surface area contributed by atoms with Crippen LogP contribution in [0.1, 0.15) is 25.0 Å². The first-order valence-electron chi connectivity index (χ1n) is 6.78. The van der Waals surface area contributed by atoms with Crippen molar-refractivity contribution in [3.63, 3.8) is 0 Å². The number of halogens is 1. The van der Waals surface area contributed by atoms with Gasteiger partial charge in [-0.1, -0.05) is 6.07 Å². The molecule has 1 aromatic heterocycles. The molecule has 0 amide bonds. The molecule has 0 aliphatic heterocycles. The van der Waals surface area contributed by atoms with Crippen molar-refractivity contribution in [1.82, 2.24) is 15.0 Å². The summed E-state index contributed by atoms with van der Waals surface area (Å²) in [5.41, 5.74) is 2.00. The summed E-state index contributed by atoms with van der Waals surface area (Å²) < 4.78 is 19.8. The number of hydrogen-bond acceptors (Lipinski definition) is 5. The van der Waals surface area contributed by atoms with Crippen molar-refractivity contribution < 1.29 is 9.13 Å². The van der Waals surface area contributed by atoms with E-state index in [-0.39, 0.29) is 23.8 Å². The Morgan fingerprint density at radius 1 is 1.14 bits per heavy atom. The molecule has 0 fully saturated rings. The molecule has 0 aliphatic rings. The van der Waals surface area contributed by atoms with Crippen LogP contribution in [-0.2, 0) is 0 Å². The van der Waals surface area contributed by atoms with Crippen LogP contribution in [0.2, 0.25) is 0 Å². The third-order valence-corrected chi connectivity index (χ3v) is 2.83. The lowest BCUT2D eigenvalue weighted by atomic mass is 10.0. The highest BCUT2D eigenvalue weighted by Gasteiger charge is 2.16. The lowest BCUT2D eigenvalue weighted by Crippen LogP contribution is -2.11. The zero-order valence-electron chi connectivity index (χ0n) is 12.9. The number of aryl methyl sites for hydroxylation is 2. The van der Waals surface area contributed by atoms with Crippen LogP contribution in [0.25, 0.3) is 11.4 Å². The maximum atomic E-state index is 14.3. The van der Waals surface area contributed by atoms with Gasteiger partial charge in [-0.3, -0.25) is 0 Å². The number of ether oxygens (including phenoxy) is 1. The SMILES string of the molecule is CNc1nc(OC(C)C)nc(-c2c(C)cc(C)cc2F)n1. The van der Waals surface area contributed by atoms with Crippen molar-refractivity contribution in [2.75, 3.05) is 12.4 Å². The Bertz CT molecular complexity index is 635. The molecular formula is C15H19FN4O. The molecule has 2 aromatic rings. The molecule has 0 spiro atoms. The Labute approximate surface area is 123 Å². The van der Waals surface area contributed by atoms with E-state index < -0.39 is 0 Å². The molecule has 21 heavy (non-hydrogen) atoms. The second-order valence-electron chi connectivity index (χ2n) is 5.12. The van der Waals surface area contributed by atoms with Crippen molar-refractivity contribution in [3.8, 4) is 17.4 Å². The van der Waals surface area contributed by atoms with Gasteiger partial charge in [0, 0.05) is 7.05 Å². The van der Waals surface area contributed by atoms with Crippen LogP contribution in [0.15, 0.2) is 12.1 Å². The van der Waals surface area contributed by atoms with Gasteiger partial charge in [0.05, 0.1) is 11.7 Å². The molecule has 0 saturated carbocycles. The summed E-state index contributed by atoms with van der Waals surface area (Å²) in [6.07, 6.45) is -0.0751. The van der Waals surface area contributed by atoms with Gasteiger partial charge in [0.25, 0.3) is 0 Å². The molecule has 1 N–H and O–H groups in total. The van der Waals surface area contributed by atoms with Crippen LogP contribution in [0.5, 0.6) is 6.01 Å². The summed E-state index contributed by atoms with van der Waals surface area (Å²) in [6.45, 7) is 7.43. The van der Waals surface area contributed by atoms with E-state index in [1.54, 1.807) is 7.05 Å². The Kier molecular flexibility index (Phi) is 4.35. The van der Waals surface area contributed by atoms with Gasteiger partial charge in [0.1, 0.15) is 5.82 Å². The minimum Gasteiger partial charge on any atom is -0.461 e. The van der Waals surface area contributed by atoms with E-state index in [1.165, 1.54) is 6.07 Å². The van der Waals surface area contributed by atoms with Gasteiger partial charge in [-0.2, -0.15) is 15.0 Å². The van der Waals surface area contributed by atoms with Crippen molar-refractivity contribution >= 4 is 5.95 Å². The monoisotopic (exact) mass is 290 g/mol. The molecule has 0 atom stereocenters. The summed E-state index contributed by atoms with van der Waals surface area (Å²) in [4.78, 5) is 12.6. The maximum Gasteiger partial charge on any atom is 0.322 e. The zero-order chi connectivity index (χ0) is 15.6. The van der Waals surface area contributed by atoms with Crippen LogP contribution in [0, 0.1) is 19.7 Å². The third-order valence-electron chi connectivity index (χ3n) is 2.83. The van der Waals surface area contributed by atoms with Gasteiger partial charge >= 0.3 is 6.01 Å². The summed E-state index contributed by atoms with van der Waals surface area (Å²) >= 11 is 0. The molecular weight excluding hydrogens is 271 g/mol. The number of nitrogens with zero attached hydrogens (tertiary/aromatic N) is 3. The molecule has 112 valence electrons. The average molecular weight is 290 g/mol. The van der Waals surface area contributed by atoms with Crippen LogP contribution in [0.4, 0.5) is 10.3 Å². The average Bonchev–Trinajstić information content (AvgIpc) is 2.36. The number of aromatic nitrogens is 3. The largest absolute Gasteiger partial charge is 0.461 e. The number of benzene rings is 1. The molecule has 1 heterocycles. The van der Waals surface area contributed by atoms with Gasteiger partial charge in [-0.05, 0) is 44.9 Å². The first-order chi connectivity index (χ1) is 9.90. The molecule has 0 saturated heterocycles. The normalized spacial score (nSPS) is 10.8.